The van der Waals surface area contributed by atoms with E-state index in [1.165, 1.54) is 0 Å². The van der Waals surface area contributed by atoms with Gasteiger partial charge in [-0.2, -0.15) is 0 Å². The van der Waals surface area contributed by atoms with Crippen LogP contribution in [0, 0.1) is 0 Å². The summed E-state index contributed by atoms with van der Waals surface area (Å²) in [6.45, 7) is 4.58. The maximum Gasteiger partial charge on any atom is 0.284 e. The van der Waals surface area contributed by atoms with Crippen LogP contribution in [-0.2, 0) is 9.59 Å². The third kappa shape index (κ3) is 5.56. The second-order valence-corrected chi connectivity index (χ2v) is 6.44. The van der Waals surface area contributed by atoms with Crippen LogP contribution in [-0.4, -0.2) is 45.1 Å². The zero-order valence-electron chi connectivity index (χ0n) is 16.4. The number of para-hydroxylation sites is 1. The monoisotopic (exact) mass is 370 g/mol. The minimum Gasteiger partial charge on any atom is -0.497 e. The van der Waals surface area contributed by atoms with Crippen LogP contribution in [0.3, 0.4) is 0 Å². The Balaban J connectivity index is 1.95. The van der Waals surface area contributed by atoms with E-state index in [0.717, 1.165) is 16.3 Å². The van der Waals surface area contributed by atoms with Gasteiger partial charge in [0.25, 0.3) is 11.8 Å². The Hall–Kier alpha value is -2.86. The Morgan fingerprint density at radius 3 is 2.30 bits per heavy atom. The highest BCUT2D eigenvalue weighted by Gasteiger charge is 2.28. The summed E-state index contributed by atoms with van der Waals surface area (Å²) < 4.78 is 5.11. The molecule has 2 atom stereocenters. The number of benzene rings is 2. The van der Waals surface area contributed by atoms with Crippen LogP contribution in [0.15, 0.2) is 54.6 Å². The van der Waals surface area contributed by atoms with Crippen molar-refractivity contribution in [3.63, 3.8) is 0 Å². The smallest absolute Gasteiger partial charge is 0.284 e. The van der Waals surface area contributed by atoms with Crippen LogP contribution in [0.25, 0.3) is 0 Å². The molecule has 0 aromatic heterocycles. The van der Waals surface area contributed by atoms with E-state index in [0.29, 0.717) is 12.2 Å². The highest BCUT2D eigenvalue weighted by molar-refractivity contribution is 5.96. The lowest BCUT2D eigenvalue weighted by Crippen LogP contribution is -3.15. The zero-order chi connectivity index (χ0) is 19.8. The molecule has 6 nitrogen and oxygen atoms in total. The number of nitrogens with zero attached hydrogens (tertiary/aromatic N) is 1. The number of methoxy groups -OCH3 is 1. The highest BCUT2D eigenvalue weighted by atomic mass is 16.5. The first-order valence-electron chi connectivity index (χ1n) is 9.09. The van der Waals surface area contributed by atoms with Gasteiger partial charge in [-0.25, -0.2) is 0 Å². The summed E-state index contributed by atoms with van der Waals surface area (Å²) >= 11 is 0. The molecule has 0 aliphatic rings. The summed E-state index contributed by atoms with van der Waals surface area (Å²) in [4.78, 5) is 27.8. The van der Waals surface area contributed by atoms with Crippen LogP contribution in [0.2, 0.25) is 0 Å². The number of anilines is 2. The van der Waals surface area contributed by atoms with Gasteiger partial charge in [0.15, 0.2) is 12.6 Å². The largest absolute Gasteiger partial charge is 0.497 e. The predicted molar refractivity (Wildman–Crippen MR) is 107 cm³/mol. The van der Waals surface area contributed by atoms with Crippen LogP contribution in [0.1, 0.15) is 13.8 Å². The van der Waals surface area contributed by atoms with Crippen molar-refractivity contribution in [1.82, 2.24) is 0 Å². The number of carbonyl (C=O) groups is 2. The van der Waals surface area contributed by atoms with Crippen LogP contribution >= 0.6 is 0 Å². The molecule has 2 aromatic carbocycles. The number of amides is 2. The average Bonchev–Trinajstić information content (AvgIpc) is 2.69. The molecule has 0 saturated heterocycles. The molecule has 0 aliphatic carbocycles. The first-order chi connectivity index (χ1) is 13.0. The third-order valence-electron chi connectivity index (χ3n) is 4.57. The Bertz CT molecular complexity index is 747. The predicted octanol–water partition coefficient (Wildman–Crippen LogP) is 1.59. The van der Waals surface area contributed by atoms with E-state index in [1.807, 2.05) is 51.2 Å². The quantitative estimate of drug-likeness (QED) is 0.742. The molecule has 144 valence electrons. The average molecular weight is 370 g/mol. The van der Waals surface area contributed by atoms with E-state index in [4.69, 9.17) is 4.74 Å². The molecule has 2 rings (SSSR count). The fourth-order valence-electron chi connectivity index (χ4n) is 2.80. The van der Waals surface area contributed by atoms with Crippen molar-refractivity contribution < 1.29 is 19.2 Å². The number of quaternary nitrogens is 1. The fourth-order valence-corrected chi connectivity index (χ4v) is 2.80. The van der Waals surface area contributed by atoms with E-state index in [-0.39, 0.29) is 24.4 Å². The molecule has 0 bridgehead atoms. The van der Waals surface area contributed by atoms with Crippen LogP contribution < -0.4 is 19.9 Å². The first kappa shape index (κ1) is 20.5. The Morgan fingerprint density at radius 1 is 1.11 bits per heavy atom. The molecular weight excluding hydrogens is 342 g/mol. The number of hydrogen-bond donors (Lipinski definition) is 2. The van der Waals surface area contributed by atoms with E-state index in [9.17, 15) is 9.59 Å². The Morgan fingerprint density at radius 2 is 1.74 bits per heavy atom. The van der Waals surface area contributed by atoms with E-state index in [1.54, 1.807) is 36.3 Å². The van der Waals surface area contributed by atoms with Crippen molar-refractivity contribution in [1.29, 1.82) is 0 Å². The Labute approximate surface area is 160 Å². The molecule has 6 heteroatoms. The van der Waals surface area contributed by atoms with E-state index in [2.05, 4.69) is 5.32 Å². The standard InChI is InChI=1S/C21H27N3O3/c1-5-24(18-9-7-6-8-10-18)21(26)16(2)23(3)15-20(25)22-17-11-13-19(27-4)14-12-17/h6-14,16H,5,15H2,1-4H3,(H,22,25)/p+1/t16-/m1/s1. The fraction of sp³-hybridized carbons (Fsp3) is 0.333. The van der Waals surface area contributed by atoms with Crippen molar-refractivity contribution in [2.75, 3.05) is 37.5 Å². The van der Waals surface area contributed by atoms with Crippen LogP contribution in [0.4, 0.5) is 11.4 Å². The molecule has 0 fully saturated rings. The van der Waals surface area contributed by atoms with Gasteiger partial charge in [-0.05, 0) is 50.2 Å². The molecule has 0 spiro atoms. The van der Waals surface area contributed by atoms with Gasteiger partial charge in [0.1, 0.15) is 5.75 Å². The molecule has 2 aromatic rings. The molecule has 1 unspecified atom stereocenters. The molecule has 2 N–H and O–H groups in total. The molecular formula is C21H28N3O3+. The normalized spacial score (nSPS) is 12.7. The summed E-state index contributed by atoms with van der Waals surface area (Å²) in [5.41, 5.74) is 1.57. The number of likely N-dealkylation sites (N-methyl/N-ethyl adjacent to an activating group) is 2. The zero-order valence-corrected chi connectivity index (χ0v) is 16.4. The number of nitrogens with one attached hydrogen (secondary N) is 2. The van der Waals surface area contributed by atoms with Gasteiger partial charge >= 0.3 is 0 Å². The van der Waals surface area contributed by atoms with Gasteiger partial charge in [-0.3, -0.25) is 9.59 Å². The van der Waals surface area contributed by atoms with Crippen molar-refractivity contribution in [3.05, 3.63) is 54.6 Å². The second kappa shape index (κ2) is 9.73. The summed E-state index contributed by atoms with van der Waals surface area (Å²) in [6.07, 6.45) is 0. The first-order valence-corrected chi connectivity index (χ1v) is 9.09. The van der Waals surface area contributed by atoms with Crippen molar-refractivity contribution in [2.45, 2.75) is 19.9 Å². The summed E-state index contributed by atoms with van der Waals surface area (Å²) in [6, 6.07) is 16.4. The van der Waals surface area contributed by atoms with Gasteiger partial charge in [-0.1, -0.05) is 18.2 Å². The minimum absolute atomic E-state index is 0.00144. The number of ether oxygens (including phenoxy) is 1. The van der Waals surface area contributed by atoms with Gasteiger partial charge in [0.05, 0.1) is 14.2 Å². The van der Waals surface area contributed by atoms with Gasteiger partial charge in [0, 0.05) is 17.9 Å². The topological polar surface area (TPSA) is 63.1 Å². The Kier molecular flexibility index (Phi) is 7.37. The van der Waals surface area contributed by atoms with Crippen molar-refractivity contribution >= 4 is 23.2 Å². The molecule has 2 amide bonds. The maximum absolute atomic E-state index is 12.9. The molecule has 0 radical (unpaired) electrons. The van der Waals surface area contributed by atoms with Crippen LogP contribution in [0.5, 0.6) is 5.75 Å². The number of hydrogen-bond acceptors (Lipinski definition) is 3. The minimum atomic E-state index is -0.341. The third-order valence-corrected chi connectivity index (χ3v) is 4.57. The second-order valence-electron chi connectivity index (χ2n) is 6.44. The molecule has 0 saturated carbocycles. The SMILES string of the molecule is CCN(C(=O)[C@@H](C)[NH+](C)CC(=O)Nc1ccc(OC)cc1)c1ccccc1. The van der Waals surface area contributed by atoms with Crippen molar-refractivity contribution in [2.24, 2.45) is 0 Å². The maximum atomic E-state index is 12.9. The lowest BCUT2D eigenvalue weighted by Gasteiger charge is -2.27. The summed E-state index contributed by atoms with van der Waals surface area (Å²) in [5.74, 6) is 0.592. The summed E-state index contributed by atoms with van der Waals surface area (Å²) in [5, 5.41) is 2.85. The highest BCUT2D eigenvalue weighted by Crippen LogP contribution is 2.15. The molecule has 0 aliphatic heterocycles. The molecule has 0 heterocycles. The van der Waals surface area contributed by atoms with Gasteiger partial charge < -0.3 is 19.9 Å². The lowest BCUT2D eigenvalue weighted by atomic mass is 10.2. The van der Waals surface area contributed by atoms with Gasteiger partial charge in [0.2, 0.25) is 0 Å². The van der Waals surface area contributed by atoms with E-state index < -0.39 is 0 Å². The number of carbonyl (C=O) groups excluding carboxylic acids is 2. The number of rotatable bonds is 8. The van der Waals surface area contributed by atoms with Crippen molar-refractivity contribution in [3.8, 4) is 5.75 Å². The van der Waals surface area contributed by atoms with E-state index >= 15 is 0 Å². The lowest BCUT2D eigenvalue weighted by molar-refractivity contribution is -0.885. The molecule has 27 heavy (non-hydrogen) atoms. The van der Waals surface area contributed by atoms with Gasteiger partial charge in [-0.15, -0.1) is 0 Å². The summed E-state index contributed by atoms with van der Waals surface area (Å²) in [7, 11) is 3.45.